The highest BCUT2D eigenvalue weighted by Gasteiger charge is 2.52. The van der Waals surface area contributed by atoms with Crippen molar-refractivity contribution in [2.45, 2.75) is 38.6 Å². The first kappa shape index (κ1) is 15.4. The molecule has 2 aliphatic rings. The van der Waals surface area contributed by atoms with Gasteiger partial charge in [-0.05, 0) is 37.7 Å². The molecule has 1 aliphatic carbocycles. The van der Waals surface area contributed by atoms with Gasteiger partial charge >= 0.3 is 0 Å². The van der Waals surface area contributed by atoms with Crippen LogP contribution in [-0.2, 0) is 24.8 Å². The molecule has 7 heteroatoms. The Morgan fingerprint density at radius 1 is 1.33 bits per heavy atom. The SMILES string of the molecule is Cn1cnnc1CC1CCN(C(=O)C2(Cn3cccn3)CC2)CC1. The van der Waals surface area contributed by atoms with Crippen LogP contribution in [0, 0.1) is 11.3 Å². The Hall–Kier alpha value is -2.18. The predicted octanol–water partition coefficient (Wildman–Crippen LogP) is 1.27. The van der Waals surface area contributed by atoms with Gasteiger partial charge in [-0.1, -0.05) is 0 Å². The summed E-state index contributed by atoms with van der Waals surface area (Å²) in [5, 5.41) is 12.4. The van der Waals surface area contributed by atoms with Gasteiger partial charge in [0.25, 0.3) is 0 Å². The van der Waals surface area contributed by atoms with Crippen molar-refractivity contribution in [1.82, 2.24) is 29.4 Å². The van der Waals surface area contributed by atoms with E-state index in [0.29, 0.717) is 11.8 Å². The number of hydrogen-bond acceptors (Lipinski definition) is 4. The van der Waals surface area contributed by atoms with Crippen molar-refractivity contribution in [3.8, 4) is 0 Å². The number of hydrogen-bond donors (Lipinski definition) is 0. The summed E-state index contributed by atoms with van der Waals surface area (Å²) >= 11 is 0. The van der Waals surface area contributed by atoms with Crippen molar-refractivity contribution in [3.05, 3.63) is 30.6 Å². The zero-order chi connectivity index (χ0) is 16.6. The van der Waals surface area contributed by atoms with E-state index in [4.69, 9.17) is 0 Å². The zero-order valence-electron chi connectivity index (χ0n) is 14.1. The van der Waals surface area contributed by atoms with Crippen molar-refractivity contribution in [2.24, 2.45) is 18.4 Å². The van der Waals surface area contributed by atoms with E-state index in [1.165, 1.54) is 0 Å². The second kappa shape index (κ2) is 6.03. The normalized spacial score (nSPS) is 20.3. The Morgan fingerprint density at radius 3 is 2.71 bits per heavy atom. The van der Waals surface area contributed by atoms with Gasteiger partial charge in [0.15, 0.2) is 0 Å². The van der Waals surface area contributed by atoms with Crippen molar-refractivity contribution in [3.63, 3.8) is 0 Å². The lowest BCUT2D eigenvalue weighted by Crippen LogP contribution is -2.44. The molecule has 0 N–H and O–H groups in total. The largest absolute Gasteiger partial charge is 0.342 e. The van der Waals surface area contributed by atoms with E-state index < -0.39 is 0 Å². The highest BCUT2D eigenvalue weighted by Crippen LogP contribution is 2.49. The number of carbonyl (C=O) groups excluding carboxylic acids is 1. The van der Waals surface area contributed by atoms with E-state index in [1.54, 1.807) is 12.5 Å². The Kier molecular flexibility index (Phi) is 3.86. The lowest BCUT2D eigenvalue weighted by atomic mass is 9.92. The van der Waals surface area contributed by atoms with Gasteiger partial charge in [0.05, 0.1) is 12.0 Å². The average molecular weight is 328 g/mol. The highest BCUT2D eigenvalue weighted by atomic mass is 16.2. The van der Waals surface area contributed by atoms with Crippen LogP contribution in [0.25, 0.3) is 0 Å². The topological polar surface area (TPSA) is 68.8 Å². The van der Waals surface area contributed by atoms with Crippen LogP contribution in [0.1, 0.15) is 31.5 Å². The maximum atomic E-state index is 12.9. The smallest absolute Gasteiger partial charge is 0.230 e. The lowest BCUT2D eigenvalue weighted by molar-refractivity contribution is -0.139. The van der Waals surface area contributed by atoms with Gasteiger partial charge < -0.3 is 9.47 Å². The summed E-state index contributed by atoms with van der Waals surface area (Å²) in [6.45, 7) is 2.45. The maximum absolute atomic E-state index is 12.9. The minimum atomic E-state index is -0.192. The summed E-state index contributed by atoms with van der Waals surface area (Å²) in [4.78, 5) is 15.0. The van der Waals surface area contributed by atoms with Crippen molar-refractivity contribution < 1.29 is 4.79 Å². The Morgan fingerprint density at radius 2 is 2.12 bits per heavy atom. The first-order chi connectivity index (χ1) is 11.7. The van der Waals surface area contributed by atoms with Gasteiger partial charge in [0, 0.05) is 39.0 Å². The number of rotatable bonds is 5. The standard InChI is InChI=1S/C17H24N6O/c1-21-13-18-20-15(21)11-14-3-9-22(10-4-14)16(24)17(5-6-17)12-23-8-2-7-19-23/h2,7-8,13-14H,3-6,9-12H2,1H3. The molecule has 0 spiro atoms. The highest BCUT2D eigenvalue weighted by molar-refractivity contribution is 5.85. The molecule has 2 aromatic rings. The van der Waals surface area contributed by atoms with Gasteiger partial charge in [0.2, 0.25) is 5.91 Å². The van der Waals surface area contributed by atoms with Crippen LogP contribution in [0.3, 0.4) is 0 Å². The minimum absolute atomic E-state index is 0.192. The third-order valence-corrected chi connectivity index (χ3v) is 5.51. The Labute approximate surface area is 141 Å². The van der Waals surface area contributed by atoms with E-state index in [0.717, 1.165) is 57.6 Å². The summed E-state index contributed by atoms with van der Waals surface area (Å²) < 4.78 is 3.88. The Balaban J connectivity index is 1.32. The fraction of sp³-hybridized carbons (Fsp3) is 0.647. The average Bonchev–Trinajstić information content (AvgIpc) is 2.98. The lowest BCUT2D eigenvalue weighted by Gasteiger charge is -2.34. The van der Waals surface area contributed by atoms with E-state index in [-0.39, 0.29) is 5.41 Å². The molecule has 0 radical (unpaired) electrons. The molecule has 1 amide bonds. The second-order valence-corrected chi connectivity index (χ2v) is 7.28. The number of nitrogens with zero attached hydrogens (tertiary/aromatic N) is 6. The van der Waals surface area contributed by atoms with Crippen molar-refractivity contribution >= 4 is 5.91 Å². The van der Waals surface area contributed by atoms with Gasteiger partial charge in [-0.2, -0.15) is 5.10 Å². The summed E-state index contributed by atoms with van der Waals surface area (Å²) in [6, 6.07) is 1.92. The second-order valence-electron chi connectivity index (χ2n) is 7.28. The molecule has 1 saturated heterocycles. The quantitative estimate of drug-likeness (QED) is 0.829. The predicted molar refractivity (Wildman–Crippen MR) is 87.9 cm³/mol. The number of piperidine rings is 1. The van der Waals surface area contributed by atoms with E-state index in [1.807, 2.05) is 28.6 Å². The maximum Gasteiger partial charge on any atom is 0.230 e. The van der Waals surface area contributed by atoms with Crippen molar-refractivity contribution in [1.29, 1.82) is 0 Å². The van der Waals surface area contributed by atoms with Crippen LogP contribution in [0.2, 0.25) is 0 Å². The van der Waals surface area contributed by atoms with Gasteiger partial charge in [-0.25, -0.2) is 0 Å². The summed E-state index contributed by atoms with van der Waals surface area (Å²) in [6.07, 6.45) is 10.5. The van der Waals surface area contributed by atoms with Gasteiger partial charge in [0.1, 0.15) is 12.2 Å². The molecule has 4 rings (SSSR count). The third-order valence-electron chi connectivity index (χ3n) is 5.51. The third kappa shape index (κ3) is 2.95. The van der Waals surface area contributed by atoms with E-state index in [2.05, 4.69) is 20.2 Å². The van der Waals surface area contributed by atoms with Crippen molar-refractivity contribution in [2.75, 3.05) is 13.1 Å². The zero-order valence-corrected chi connectivity index (χ0v) is 14.1. The van der Waals surface area contributed by atoms with Crippen LogP contribution in [0.5, 0.6) is 0 Å². The Bertz CT molecular complexity index is 694. The molecular formula is C17H24N6O. The molecule has 3 heterocycles. The van der Waals surface area contributed by atoms with Crippen LogP contribution < -0.4 is 0 Å². The molecule has 7 nitrogen and oxygen atoms in total. The van der Waals surface area contributed by atoms with Crippen LogP contribution in [0.15, 0.2) is 24.8 Å². The molecule has 0 bridgehead atoms. The van der Waals surface area contributed by atoms with Crippen LogP contribution in [0.4, 0.5) is 0 Å². The van der Waals surface area contributed by atoms with Gasteiger partial charge in [-0.15, -0.1) is 10.2 Å². The first-order valence-corrected chi connectivity index (χ1v) is 8.76. The first-order valence-electron chi connectivity index (χ1n) is 8.76. The molecule has 2 aromatic heterocycles. The minimum Gasteiger partial charge on any atom is -0.342 e. The molecule has 0 atom stereocenters. The number of aryl methyl sites for hydroxylation is 1. The molecule has 2 fully saturated rings. The number of carbonyl (C=O) groups is 1. The fourth-order valence-corrected chi connectivity index (χ4v) is 3.72. The number of amides is 1. The monoisotopic (exact) mass is 328 g/mol. The van der Waals surface area contributed by atoms with Crippen LogP contribution >= 0.6 is 0 Å². The molecule has 24 heavy (non-hydrogen) atoms. The van der Waals surface area contributed by atoms with E-state index >= 15 is 0 Å². The molecular weight excluding hydrogens is 304 g/mol. The van der Waals surface area contributed by atoms with Gasteiger partial charge in [-0.3, -0.25) is 9.48 Å². The molecule has 0 aromatic carbocycles. The summed E-state index contributed by atoms with van der Waals surface area (Å²) in [5.41, 5.74) is -0.192. The molecule has 128 valence electrons. The van der Waals surface area contributed by atoms with E-state index in [9.17, 15) is 4.79 Å². The molecule has 1 saturated carbocycles. The fourth-order valence-electron chi connectivity index (χ4n) is 3.72. The molecule has 0 unspecified atom stereocenters. The molecule has 1 aliphatic heterocycles. The number of likely N-dealkylation sites (tertiary alicyclic amines) is 1. The summed E-state index contributed by atoms with van der Waals surface area (Å²) in [7, 11) is 1.99. The number of aromatic nitrogens is 5. The summed E-state index contributed by atoms with van der Waals surface area (Å²) in [5.74, 6) is 1.96. The van der Waals surface area contributed by atoms with Crippen LogP contribution in [-0.4, -0.2) is 48.4 Å².